The Morgan fingerprint density at radius 3 is 2.79 bits per heavy atom. The quantitative estimate of drug-likeness (QED) is 0.728. The SMILES string of the molecule is CCN(CC)C(=O)CNc1ncc[nH]1. The molecule has 0 spiro atoms. The van der Waals surface area contributed by atoms with Crippen LogP contribution >= 0.6 is 0 Å². The van der Waals surface area contributed by atoms with E-state index >= 15 is 0 Å². The Hall–Kier alpha value is -1.52. The fourth-order valence-corrected chi connectivity index (χ4v) is 1.21. The van der Waals surface area contributed by atoms with Crippen molar-refractivity contribution < 1.29 is 4.79 Å². The van der Waals surface area contributed by atoms with Gasteiger partial charge in [0, 0.05) is 25.5 Å². The van der Waals surface area contributed by atoms with Crippen LogP contribution in [0.25, 0.3) is 0 Å². The van der Waals surface area contributed by atoms with Gasteiger partial charge in [0.05, 0.1) is 6.54 Å². The number of aromatic amines is 1. The van der Waals surface area contributed by atoms with Crippen LogP contribution in [0.1, 0.15) is 13.8 Å². The van der Waals surface area contributed by atoms with Crippen molar-refractivity contribution in [1.82, 2.24) is 14.9 Å². The van der Waals surface area contributed by atoms with Gasteiger partial charge in [0.25, 0.3) is 0 Å². The molecule has 1 rings (SSSR count). The summed E-state index contributed by atoms with van der Waals surface area (Å²) in [7, 11) is 0. The first-order valence-electron chi connectivity index (χ1n) is 4.79. The molecule has 0 bridgehead atoms. The lowest BCUT2D eigenvalue weighted by Crippen LogP contribution is -2.35. The fourth-order valence-electron chi connectivity index (χ4n) is 1.21. The molecule has 5 heteroatoms. The van der Waals surface area contributed by atoms with Crippen molar-refractivity contribution >= 4 is 11.9 Å². The summed E-state index contributed by atoms with van der Waals surface area (Å²) in [5, 5.41) is 2.92. The van der Waals surface area contributed by atoms with Crippen molar-refractivity contribution in [1.29, 1.82) is 0 Å². The molecule has 0 aliphatic rings. The zero-order valence-corrected chi connectivity index (χ0v) is 8.58. The van der Waals surface area contributed by atoms with Gasteiger partial charge in [-0.15, -0.1) is 0 Å². The van der Waals surface area contributed by atoms with E-state index in [1.54, 1.807) is 17.3 Å². The van der Waals surface area contributed by atoms with Gasteiger partial charge in [0.2, 0.25) is 11.9 Å². The first-order valence-corrected chi connectivity index (χ1v) is 4.79. The van der Waals surface area contributed by atoms with Gasteiger partial charge in [0.1, 0.15) is 0 Å². The van der Waals surface area contributed by atoms with Crippen LogP contribution in [0.2, 0.25) is 0 Å². The maximum atomic E-state index is 11.5. The molecule has 14 heavy (non-hydrogen) atoms. The van der Waals surface area contributed by atoms with Gasteiger partial charge >= 0.3 is 0 Å². The number of anilines is 1. The van der Waals surface area contributed by atoms with Crippen LogP contribution < -0.4 is 5.32 Å². The summed E-state index contributed by atoms with van der Waals surface area (Å²) in [5.74, 6) is 0.719. The van der Waals surface area contributed by atoms with E-state index in [1.165, 1.54) is 0 Å². The number of hydrogen-bond acceptors (Lipinski definition) is 3. The molecule has 2 N–H and O–H groups in total. The van der Waals surface area contributed by atoms with E-state index < -0.39 is 0 Å². The summed E-state index contributed by atoms with van der Waals surface area (Å²) in [6.07, 6.45) is 3.36. The zero-order chi connectivity index (χ0) is 10.4. The summed E-state index contributed by atoms with van der Waals surface area (Å²) in [5.41, 5.74) is 0. The molecule has 1 amide bonds. The lowest BCUT2D eigenvalue weighted by molar-refractivity contribution is -0.128. The van der Waals surface area contributed by atoms with Crippen LogP contribution in [0, 0.1) is 0 Å². The number of carbonyl (C=O) groups excluding carboxylic acids is 1. The van der Waals surface area contributed by atoms with Gasteiger partial charge in [-0.25, -0.2) is 4.98 Å². The molecule has 0 saturated heterocycles. The van der Waals surface area contributed by atoms with Crippen molar-refractivity contribution in [3.8, 4) is 0 Å². The van der Waals surface area contributed by atoms with Crippen LogP contribution in [-0.2, 0) is 4.79 Å². The van der Waals surface area contributed by atoms with Gasteiger partial charge in [0.15, 0.2) is 0 Å². The number of amides is 1. The van der Waals surface area contributed by atoms with E-state index in [0.29, 0.717) is 5.95 Å². The summed E-state index contributed by atoms with van der Waals surface area (Å²) < 4.78 is 0. The minimum absolute atomic E-state index is 0.0893. The molecule has 0 aliphatic carbocycles. The van der Waals surface area contributed by atoms with Gasteiger partial charge in [-0.2, -0.15) is 0 Å². The van der Waals surface area contributed by atoms with Gasteiger partial charge in [-0.1, -0.05) is 0 Å². The Bertz CT molecular complexity index is 266. The highest BCUT2D eigenvalue weighted by Crippen LogP contribution is 1.95. The third-order valence-corrected chi connectivity index (χ3v) is 2.02. The first kappa shape index (κ1) is 10.6. The monoisotopic (exact) mass is 196 g/mol. The number of nitrogens with zero attached hydrogens (tertiary/aromatic N) is 2. The van der Waals surface area contributed by atoms with Gasteiger partial charge in [-0.3, -0.25) is 4.79 Å². The molecule has 78 valence electrons. The second kappa shape index (κ2) is 5.26. The van der Waals surface area contributed by atoms with Crippen molar-refractivity contribution in [2.45, 2.75) is 13.8 Å². The molecule has 0 radical (unpaired) electrons. The minimum atomic E-state index is 0.0893. The number of nitrogens with one attached hydrogen (secondary N) is 2. The Labute approximate surface area is 83.5 Å². The second-order valence-corrected chi connectivity index (χ2v) is 2.86. The van der Waals surface area contributed by atoms with Crippen molar-refractivity contribution in [3.05, 3.63) is 12.4 Å². The molecule has 0 fully saturated rings. The summed E-state index contributed by atoms with van der Waals surface area (Å²) >= 11 is 0. The maximum absolute atomic E-state index is 11.5. The molecule has 0 saturated carbocycles. The molecular formula is C9H16N4O. The third-order valence-electron chi connectivity index (χ3n) is 2.02. The van der Waals surface area contributed by atoms with E-state index in [-0.39, 0.29) is 12.5 Å². The van der Waals surface area contributed by atoms with Gasteiger partial charge < -0.3 is 15.2 Å². The summed E-state index contributed by atoms with van der Waals surface area (Å²) in [6, 6.07) is 0. The minimum Gasteiger partial charge on any atom is -0.347 e. The van der Waals surface area contributed by atoms with Crippen LogP contribution in [0.4, 0.5) is 5.95 Å². The smallest absolute Gasteiger partial charge is 0.241 e. The molecule has 1 aromatic heterocycles. The Morgan fingerprint density at radius 1 is 1.57 bits per heavy atom. The molecule has 0 unspecified atom stereocenters. The molecule has 1 heterocycles. The molecule has 0 aromatic carbocycles. The molecular weight excluding hydrogens is 180 g/mol. The standard InChI is InChI=1S/C9H16N4O/c1-3-13(4-2)8(14)7-12-9-10-5-6-11-9/h5-6H,3-4,7H2,1-2H3,(H2,10,11,12). The Balaban J connectivity index is 2.34. The molecule has 1 aromatic rings. The fraction of sp³-hybridized carbons (Fsp3) is 0.556. The third kappa shape index (κ3) is 2.76. The number of imidazole rings is 1. The summed E-state index contributed by atoms with van der Waals surface area (Å²) in [4.78, 5) is 20.1. The predicted molar refractivity (Wildman–Crippen MR) is 55.0 cm³/mol. The molecule has 0 atom stereocenters. The average molecular weight is 196 g/mol. The molecule has 0 aliphatic heterocycles. The number of aromatic nitrogens is 2. The van der Waals surface area contributed by atoms with E-state index in [0.717, 1.165) is 13.1 Å². The van der Waals surface area contributed by atoms with Gasteiger partial charge in [-0.05, 0) is 13.8 Å². The largest absolute Gasteiger partial charge is 0.347 e. The van der Waals surface area contributed by atoms with Crippen LogP contribution in [0.3, 0.4) is 0 Å². The highest BCUT2D eigenvalue weighted by atomic mass is 16.2. The summed E-state index contributed by atoms with van der Waals surface area (Å²) in [6.45, 7) is 5.71. The predicted octanol–water partition coefficient (Wildman–Crippen LogP) is 0.690. The van der Waals surface area contributed by atoms with E-state index in [4.69, 9.17) is 0 Å². The Kier molecular flexibility index (Phi) is 3.97. The number of H-pyrrole nitrogens is 1. The lowest BCUT2D eigenvalue weighted by atomic mass is 10.4. The second-order valence-electron chi connectivity index (χ2n) is 2.86. The van der Waals surface area contributed by atoms with Crippen LogP contribution in [-0.4, -0.2) is 40.4 Å². The highest BCUT2D eigenvalue weighted by molar-refractivity contribution is 5.80. The normalized spacial score (nSPS) is 9.86. The van der Waals surface area contributed by atoms with Crippen LogP contribution in [0.5, 0.6) is 0 Å². The van der Waals surface area contributed by atoms with Crippen LogP contribution in [0.15, 0.2) is 12.4 Å². The van der Waals surface area contributed by atoms with E-state index in [2.05, 4.69) is 15.3 Å². The van der Waals surface area contributed by atoms with Crippen molar-refractivity contribution in [2.24, 2.45) is 0 Å². The topological polar surface area (TPSA) is 61.0 Å². The zero-order valence-electron chi connectivity index (χ0n) is 8.58. The molecule has 5 nitrogen and oxygen atoms in total. The number of likely N-dealkylation sites (N-methyl/N-ethyl adjacent to an activating group) is 1. The van der Waals surface area contributed by atoms with E-state index in [1.807, 2.05) is 13.8 Å². The number of carbonyl (C=O) groups is 1. The van der Waals surface area contributed by atoms with Crippen molar-refractivity contribution in [2.75, 3.05) is 25.0 Å². The van der Waals surface area contributed by atoms with Crippen molar-refractivity contribution in [3.63, 3.8) is 0 Å². The highest BCUT2D eigenvalue weighted by Gasteiger charge is 2.08. The lowest BCUT2D eigenvalue weighted by Gasteiger charge is -2.18. The first-order chi connectivity index (χ1) is 6.77. The van der Waals surface area contributed by atoms with E-state index in [9.17, 15) is 4.79 Å². The number of hydrogen-bond donors (Lipinski definition) is 2. The maximum Gasteiger partial charge on any atom is 0.241 e. The number of rotatable bonds is 5. The Morgan fingerprint density at radius 2 is 2.29 bits per heavy atom. The average Bonchev–Trinajstić information content (AvgIpc) is 2.69.